The molecule has 37 heavy (non-hydrogen) atoms. The van der Waals surface area contributed by atoms with Crippen molar-refractivity contribution in [2.75, 3.05) is 13.2 Å². The number of nitrogens with zero attached hydrogens (tertiary/aromatic N) is 1. The molecular formula is C29H27ClN2O5. The number of benzene rings is 3. The second-order valence-corrected chi connectivity index (χ2v) is 9.01. The number of halogens is 1. The first kappa shape index (κ1) is 25.9. The fourth-order valence-corrected chi connectivity index (χ4v) is 4.26. The molecule has 0 aliphatic carbocycles. The van der Waals surface area contributed by atoms with E-state index in [4.69, 9.17) is 36.3 Å². The van der Waals surface area contributed by atoms with E-state index >= 15 is 0 Å². The van der Waals surface area contributed by atoms with Crippen molar-refractivity contribution in [1.29, 1.82) is 5.26 Å². The first-order valence-corrected chi connectivity index (χ1v) is 12.3. The van der Waals surface area contributed by atoms with Gasteiger partial charge in [0.05, 0.1) is 12.5 Å². The Balaban J connectivity index is 1.53. The number of carbonyl (C=O) groups is 1. The molecule has 3 aromatic rings. The third kappa shape index (κ3) is 6.16. The van der Waals surface area contributed by atoms with Crippen molar-refractivity contribution in [3.8, 4) is 29.1 Å². The Morgan fingerprint density at radius 3 is 2.70 bits per heavy atom. The quantitative estimate of drug-likeness (QED) is 0.209. The lowest BCUT2D eigenvalue weighted by Crippen LogP contribution is -2.22. The Morgan fingerprint density at radius 2 is 1.95 bits per heavy atom. The number of nitriles is 1. The highest BCUT2D eigenvalue weighted by molar-refractivity contribution is 6.30. The third-order valence-electron chi connectivity index (χ3n) is 5.86. The van der Waals surface area contributed by atoms with Crippen molar-refractivity contribution < 1.29 is 23.7 Å². The summed E-state index contributed by atoms with van der Waals surface area (Å²) in [4.78, 5) is 12.4. The number of carbonyl (C=O) groups excluding carboxylic acids is 1. The molecule has 0 radical (unpaired) electrons. The van der Waals surface area contributed by atoms with Crippen LogP contribution in [0.25, 0.3) is 0 Å². The van der Waals surface area contributed by atoms with Crippen LogP contribution < -0.4 is 24.7 Å². The van der Waals surface area contributed by atoms with Crippen LogP contribution in [0, 0.1) is 18.3 Å². The number of ether oxygens (including phenoxy) is 4. The van der Waals surface area contributed by atoms with Gasteiger partial charge in [-0.15, -0.1) is 0 Å². The minimum absolute atomic E-state index is 0.00216. The van der Waals surface area contributed by atoms with Crippen molar-refractivity contribution in [3.63, 3.8) is 0 Å². The molecule has 0 fully saturated rings. The van der Waals surface area contributed by atoms with Crippen LogP contribution in [-0.4, -0.2) is 19.2 Å². The highest BCUT2D eigenvalue weighted by Gasteiger charge is 2.31. The van der Waals surface area contributed by atoms with Gasteiger partial charge in [-0.2, -0.15) is 5.26 Å². The molecule has 2 N–H and O–H groups in total. The summed E-state index contributed by atoms with van der Waals surface area (Å²) in [6.45, 7) is 4.27. The monoisotopic (exact) mass is 518 g/mol. The van der Waals surface area contributed by atoms with Gasteiger partial charge in [-0.25, -0.2) is 4.79 Å². The lowest BCUT2D eigenvalue weighted by Gasteiger charge is -2.27. The summed E-state index contributed by atoms with van der Waals surface area (Å²) in [6.07, 6.45) is 1.98. The zero-order chi connectivity index (χ0) is 26.4. The first-order valence-electron chi connectivity index (χ1n) is 11.9. The summed E-state index contributed by atoms with van der Waals surface area (Å²) < 4.78 is 22.6. The number of hydrogen-bond donors (Lipinski definition) is 1. The van der Waals surface area contributed by atoms with E-state index in [0.29, 0.717) is 28.7 Å². The van der Waals surface area contributed by atoms with Gasteiger partial charge in [0.1, 0.15) is 34.6 Å². The molecule has 1 aliphatic rings. The molecule has 1 atom stereocenters. The van der Waals surface area contributed by atoms with Crippen molar-refractivity contribution in [1.82, 2.24) is 0 Å². The number of fused-ring (bicyclic) bond motifs is 1. The molecule has 1 aliphatic heterocycles. The molecular weight excluding hydrogens is 492 g/mol. The SMILES string of the molecule is CCCCOc1cccc(C2C(C#N)=C(N)Oc3cc(OC(=O)COc4ccc(Cl)cc4C)ccc32)c1. The summed E-state index contributed by atoms with van der Waals surface area (Å²) in [7, 11) is 0. The maximum absolute atomic E-state index is 12.4. The smallest absolute Gasteiger partial charge is 0.349 e. The predicted molar refractivity (Wildman–Crippen MR) is 140 cm³/mol. The Kier molecular flexibility index (Phi) is 8.22. The average Bonchev–Trinajstić information content (AvgIpc) is 2.87. The number of allylic oxidation sites excluding steroid dienone is 1. The summed E-state index contributed by atoms with van der Waals surface area (Å²) in [5, 5.41) is 10.4. The fourth-order valence-electron chi connectivity index (χ4n) is 4.03. The molecule has 0 saturated carbocycles. The number of aryl methyl sites for hydroxylation is 1. The second kappa shape index (κ2) is 11.7. The highest BCUT2D eigenvalue weighted by Crippen LogP contribution is 2.44. The maximum Gasteiger partial charge on any atom is 0.349 e. The van der Waals surface area contributed by atoms with Gasteiger partial charge in [-0.05, 0) is 60.9 Å². The Hall–Kier alpha value is -4.15. The first-order chi connectivity index (χ1) is 17.9. The van der Waals surface area contributed by atoms with E-state index < -0.39 is 11.9 Å². The normalized spacial score (nSPS) is 14.3. The summed E-state index contributed by atoms with van der Waals surface area (Å²) in [6, 6.07) is 19.9. The number of esters is 1. The summed E-state index contributed by atoms with van der Waals surface area (Å²) >= 11 is 5.96. The van der Waals surface area contributed by atoms with Crippen LogP contribution in [0.1, 0.15) is 42.4 Å². The highest BCUT2D eigenvalue weighted by atomic mass is 35.5. The van der Waals surface area contributed by atoms with Gasteiger partial charge in [0.15, 0.2) is 6.61 Å². The second-order valence-electron chi connectivity index (χ2n) is 8.57. The average molecular weight is 519 g/mol. The van der Waals surface area contributed by atoms with E-state index in [2.05, 4.69) is 13.0 Å². The molecule has 0 saturated heterocycles. The molecule has 4 rings (SSSR count). The van der Waals surface area contributed by atoms with Crippen LogP contribution >= 0.6 is 11.6 Å². The minimum Gasteiger partial charge on any atom is -0.494 e. The van der Waals surface area contributed by atoms with Crippen LogP contribution in [0.4, 0.5) is 0 Å². The molecule has 7 nitrogen and oxygen atoms in total. The molecule has 190 valence electrons. The predicted octanol–water partition coefficient (Wildman–Crippen LogP) is 6.03. The number of hydrogen-bond acceptors (Lipinski definition) is 7. The Morgan fingerprint density at radius 1 is 1.11 bits per heavy atom. The fraction of sp³-hybridized carbons (Fsp3) is 0.241. The van der Waals surface area contributed by atoms with Crippen molar-refractivity contribution in [2.24, 2.45) is 5.73 Å². The third-order valence-corrected chi connectivity index (χ3v) is 6.10. The molecule has 0 aromatic heterocycles. The van der Waals surface area contributed by atoms with Gasteiger partial charge in [-0.3, -0.25) is 0 Å². The minimum atomic E-state index is -0.584. The van der Waals surface area contributed by atoms with Crippen molar-refractivity contribution in [2.45, 2.75) is 32.6 Å². The van der Waals surface area contributed by atoms with Crippen LogP contribution in [0.5, 0.6) is 23.0 Å². The zero-order valence-corrected chi connectivity index (χ0v) is 21.4. The number of unbranched alkanes of at least 4 members (excludes halogenated alkanes) is 1. The maximum atomic E-state index is 12.4. The van der Waals surface area contributed by atoms with Crippen LogP contribution in [-0.2, 0) is 4.79 Å². The van der Waals surface area contributed by atoms with E-state index in [9.17, 15) is 10.1 Å². The Labute approximate surface area is 221 Å². The molecule has 1 heterocycles. The van der Waals surface area contributed by atoms with E-state index in [-0.39, 0.29) is 18.2 Å². The van der Waals surface area contributed by atoms with Gasteiger partial charge in [0, 0.05) is 16.7 Å². The van der Waals surface area contributed by atoms with Gasteiger partial charge in [-0.1, -0.05) is 43.1 Å². The van der Waals surface area contributed by atoms with E-state index in [1.54, 1.807) is 36.4 Å². The molecule has 8 heteroatoms. The lowest BCUT2D eigenvalue weighted by atomic mass is 9.83. The molecule has 3 aromatic carbocycles. The topological polar surface area (TPSA) is 104 Å². The van der Waals surface area contributed by atoms with E-state index in [1.165, 1.54) is 0 Å². The van der Waals surface area contributed by atoms with Gasteiger partial charge in [0.25, 0.3) is 0 Å². The zero-order valence-electron chi connectivity index (χ0n) is 20.6. The number of nitrogens with two attached hydrogens (primary N) is 1. The standard InChI is InChI=1S/C29H27ClN2O5/c1-3-4-12-34-21-7-5-6-19(14-21)28-23-10-9-22(15-26(23)37-29(32)24(28)16-31)36-27(33)17-35-25-11-8-20(30)13-18(25)2/h5-11,13-15,28H,3-4,12,17,32H2,1-2H3. The number of rotatable bonds is 9. The largest absolute Gasteiger partial charge is 0.494 e. The van der Waals surface area contributed by atoms with E-state index in [1.807, 2.05) is 31.2 Å². The molecule has 1 unspecified atom stereocenters. The van der Waals surface area contributed by atoms with Crippen molar-refractivity contribution in [3.05, 3.63) is 93.8 Å². The van der Waals surface area contributed by atoms with Crippen molar-refractivity contribution >= 4 is 17.6 Å². The summed E-state index contributed by atoms with van der Waals surface area (Å²) in [5.41, 5.74) is 8.80. The van der Waals surface area contributed by atoms with Crippen LogP contribution in [0.2, 0.25) is 5.02 Å². The molecule has 0 bridgehead atoms. The van der Waals surface area contributed by atoms with Gasteiger partial charge < -0.3 is 24.7 Å². The molecule has 0 spiro atoms. The van der Waals surface area contributed by atoms with E-state index in [0.717, 1.165) is 35.3 Å². The molecule has 0 amide bonds. The summed E-state index contributed by atoms with van der Waals surface area (Å²) in [5.74, 6) is 0.895. The van der Waals surface area contributed by atoms with Gasteiger partial charge >= 0.3 is 5.97 Å². The lowest BCUT2D eigenvalue weighted by molar-refractivity contribution is -0.136. The van der Waals surface area contributed by atoms with Crippen LogP contribution in [0.3, 0.4) is 0 Å². The Bertz CT molecular complexity index is 1380. The van der Waals surface area contributed by atoms with Gasteiger partial charge in [0.2, 0.25) is 5.88 Å². The van der Waals surface area contributed by atoms with Crippen LogP contribution in [0.15, 0.2) is 72.1 Å².